The van der Waals surface area contributed by atoms with Crippen LogP contribution in [0, 0.1) is 11.7 Å². The molecule has 0 unspecified atom stereocenters. The number of amides is 3. The van der Waals surface area contributed by atoms with E-state index in [1.165, 1.54) is 12.1 Å². The van der Waals surface area contributed by atoms with Gasteiger partial charge >= 0.3 is 6.03 Å². The summed E-state index contributed by atoms with van der Waals surface area (Å²) in [6, 6.07) is 6.19. The number of nitrogens with zero attached hydrogens (tertiary/aromatic N) is 2. The van der Waals surface area contributed by atoms with Crippen LogP contribution in [-0.2, 0) is 4.79 Å². The Balaban J connectivity index is 1.74. The first-order valence-electron chi connectivity index (χ1n) is 10.1. The summed E-state index contributed by atoms with van der Waals surface area (Å²) in [6.07, 6.45) is 1.29. The molecule has 0 bridgehead atoms. The number of nitrogens with one attached hydrogen (secondary N) is 2. The number of rotatable bonds is 4. The van der Waals surface area contributed by atoms with Crippen molar-refractivity contribution in [2.24, 2.45) is 5.92 Å². The Bertz CT molecular complexity index is 686. The van der Waals surface area contributed by atoms with Gasteiger partial charge in [0.25, 0.3) is 0 Å². The second-order valence-corrected chi connectivity index (χ2v) is 8.33. The molecular formula is C21H31FN4O2. The van der Waals surface area contributed by atoms with Crippen molar-refractivity contribution in [3.63, 3.8) is 0 Å². The Morgan fingerprint density at radius 2 is 1.71 bits per heavy atom. The molecule has 1 heterocycles. The van der Waals surface area contributed by atoms with Gasteiger partial charge in [0.1, 0.15) is 5.82 Å². The van der Waals surface area contributed by atoms with E-state index in [1.54, 1.807) is 12.1 Å². The van der Waals surface area contributed by atoms with E-state index in [0.717, 1.165) is 31.7 Å². The Hall–Kier alpha value is -2.15. The summed E-state index contributed by atoms with van der Waals surface area (Å²) in [4.78, 5) is 29.6. The monoisotopic (exact) mass is 390 g/mol. The number of carbonyl (C=O) groups is 2. The fourth-order valence-corrected chi connectivity index (χ4v) is 4.26. The summed E-state index contributed by atoms with van der Waals surface area (Å²) in [6.45, 7) is 7.03. The van der Waals surface area contributed by atoms with Crippen molar-refractivity contribution in [2.45, 2.75) is 44.7 Å². The quantitative estimate of drug-likeness (QED) is 0.828. The van der Waals surface area contributed by atoms with Gasteiger partial charge in [-0.05, 0) is 57.4 Å². The molecule has 2 aliphatic rings. The molecule has 3 atom stereocenters. The van der Waals surface area contributed by atoms with Gasteiger partial charge in [-0.3, -0.25) is 4.79 Å². The van der Waals surface area contributed by atoms with Crippen LogP contribution in [0.5, 0.6) is 0 Å². The number of piperazine rings is 1. The Labute approximate surface area is 166 Å². The number of carbonyl (C=O) groups excluding carboxylic acids is 2. The third kappa shape index (κ3) is 5.01. The lowest BCUT2D eigenvalue weighted by atomic mass is 9.88. The molecular weight excluding hydrogens is 359 g/mol. The van der Waals surface area contributed by atoms with Gasteiger partial charge in [0.2, 0.25) is 5.91 Å². The van der Waals surface area contributed by atoms with Gasteiger partial charge in [-0.1, -0.05) is 12.1 Å². The second kappa shape index (κ2) is 8.90. The molecule has 3 amide bonds. The summed E-state index contributed by atoms with van der Waals surface area (Å²) >= 11 is 0. The lowest BCUT2D eigenvalue weighted by Gasteiger charge is -2.35. The van der Waals surface area contributed by atoms with Gasteiger partial charge < -0.3 is 20.4 Å². The molecule has 2 fully saturated rings. The zero-order chi connectivity index (χ0) is 20.3. The van der Waals surface area contributed by atoms with Crippen LogP contribution in [0.2, 0.25) is 0 Å². The smallest absolute Gasteiger partial charge is 0.315 e. The van der Waals surface area contributed by atoms with E-state index in [9.17, 15) is 14.0 Å². The van der Waals surface area contributed by atoms with Crippen molar-refractivity contribution in [3.8, 4) is 0 Å². The van der Waals surface area contributed by atoms with Crippen LogP contribution >= 0.6 is 0 Å². The average molecular weight is 391 g/mol. The van der Waals surface area contributed by atoms with Gasteiger partial charge in [0, 0.05) is 44.2 Å². The molecule has 1 aliphatic heterocycles. The zero-order valence-electron chi connectivity index (χ0n) is 17.0. The van der Waals surface area contributed by atoms with E-state index in [1.807, 2.05) is 18.7 Å². The predicted octanol–water partition coefficient (Wildman–Crippen LogP) is 2.17. The molecule has 154 valence electrons. The molecule has 7 heteroatoms. The first kappa shape index (κ1) is 20.6. The second-order valence-electron chi connectivity index (χ2n) is 8.33. The Morgan fingerprint density at radius 1 is 1.07 bits per heavy atom. The van der Waals surface area contributed by atoms with Crippen molar-refractivity contribution in [3.05, 3.63) is 35.6 Å². The lowest BCUT2D eigenvalue weighted by molar-refractivity contribution is -0.137. The normalized spacial score (nSPS) is 25.8. The Morgan fingerprint density at radius 3 is 2.32 bits per heavy atom. The van der Waals surface area contributed by atoms with Gasteiger partial charge in [-0.25, -0.2) is 9.18 Å². The van der Waals surface area contributed by atoms with Crippen molar-refractivity contribution < 1.29 is 14.0 Å². The van der Waals surface area contributed by atoms with E-state index in [4.69, 9.17) is 0 Å². The van der Waals surface area contributed by atoms with E-state index < -0.39 is 0 Å². The number of halogens is 1. The molecule has 1 aliphatic carbocycles. The predicted molar refractivity (Wildman–Crippen MR) is 107 cm³/mol. The molecule has 1 aromatic carbocycles. The van der Waals surface area contributed by atoms with Crippen LogP contribution in [0.4, 0.5) is 9.18 Å². The minimum atomic E-state index is -0.283. The van der Waals surface area contributed by atoms with E-state index in [-0.39, 0.29) is 41.7 Å². The maximum atomic E-state index is 13.4. The molecule has 6 nitrogen and oxygen atoms in total. The largest absolute Gasteiger partial charge is 0.340 e. The third-order valence-electron chi connectivity index (χ3n) is 5.75. The number of benzene rings is 1. The molecule has 28 heavy (non-hydrogen) atoms. The summed E-state index contributed by atoms with van der Waals surface area (Å²) in [7, 11) is 2.06. The van der Waals surface area contributed by atoms with Crippen molar-refractivity contribution in [1.29, 1.82) is 0 Å². The molecule has 3 rings (SSSR count). The van der Waals surface area contributed by atoms with Gasteiger partial charge in [0.15, 0.2) is 0 Å². The first-order chi connectivity index (χ1) is 13.3. The van der Waals surface area contributed by atoms with Crippen LogP contribution in [0.25, 0.3) is 0 Å². The average Bonchev–Trinajstić information content (AvgIpc) is 3.05. The maximum Gasteiger partial charge on any atom is 0.315 e. The highest BCUT2D eigenvalue weighted by Gasteiger charge is 2.42. The standard InChI is InChI=1S/C21H31FN4O2/c1-14(2)23-21(28)24-17-12-18(15-4-6-16(22)7-5-15)19(13-17)20(27)26-10-8-25(3)9-11-26/h4-7,14,17-19H,8-13H2,1-3H3,(H2,23,24,28)/t17-,18+,19-/m0/s1. The molecule has 1 saturated carbocycles. The lowest BCUT2D eigenvalue weighted by Crippen LogP contribution is -2.49. The Kier molecular flexibility index (Phi) is 6.54. The first-order valence-corrected chi connectivity index (χ1v) is 10.1. The minimum absolute atomic E-state index is 0.0166. The number of hydrogen-bond acceptors (Lipinski definition) is 3. The highest BCUT2D eigenvalue weighted by atomic mass is 19.1. The third-order valence-corrected chi connectivity index (χ3v) is 5.75. The van der Waals surface area contributed by atoms with E-state index in [0.29, 0.717) is 12.8 Å². The molecule has 0 aromatic heterocycles. The molecule has 2 N–H and O–H groups in total. The fourth-order valence-electron chi connectivity index (χ4n) is 4.26. The van der Waals surface area contributed by atoms with E-state index in [2.05, 4.69) is 22.6 Å². The SMILES string of the molecule is CC(C)NC(=O)N[C@@H]1C[C@H](C(=O)N2CCN(C)CC2)[C@@H](c2ccc(F)cc2)C1. The van der Waals surface area contributed by atoms with Crippen LogP contribution < -0.4 is 10.6 Å². The molecule has 0 radical (unpaired) electrons. The van der Waals surface area contributed by atoms with Gasteiger partial charge in [0.05, 0.1) is 0 Å². The van der Waals surface area contributed by atoms with Crippen molar-refractivity contribution in [1.82, 2.24) is 20.4 Å². The molecule has 0 spiro atoms. The highest BCUT2D eigenvalue weighted by Crippen LogP contribution is 2.41. The van der Waals surface area contributed by atoms with Crippen LogP contribution in [-0.4, -0.2) is 67.0 Å². The van der Waals surface area contributed by atoms with Crippen molar-refractivity contribution >= 4 is 11.9 Å². The van der Waals surface area contributed by atoms with Gasteiger partial charge in [-0.2, -0.15) is 0 Å². The number of hydrogen-bond donors (Lipinski definition) is 2. The molecule has 1 aromatic rings. The minimum Gasteiger partial charge on any atom is -0.340 e. The molecule has 1 saturated heterocycles. The van der Waals surface area contributed by atoms with E-state index >= 15 is 0 Å². The summed E-state index contributed by atoms with van der Waals surface area (Å²) in [5.41, 5.74) is 0.961. The van der Waals surface area contributed by atoms with Gasteiger partial charge in [-0.15, -0.1) is 0 Å². The van der Waals surface area contributed by atoms with Crippen LogP contribution in [0.3, 0.4) is 0 Å². The number of likely N-dealkylation sites (N-methyl/N-ethyl adjacent to an activating group) is 1. The summed E-state index contributed by atoms with van der Waals surface area (Å²) in [5.74, 6) is -0.346. The van der Waals surface area contributed by atoms with Crippen LogP contribution in [0.15, 0.2) is 24.3 Å². The van der Waals surface area contributed by atoms with Crippen LogP contribution in [0.1, 0.15) is 38.2 Å². The summed E-state index contributed by atoms with van der Waals surface area (Å²) < 4.78 is 13.4. The summed E-state index contributed by atoms with van der Waals surface area (Å²) in [5, 5.41) is 5.86. The highest BCUT2D eigenvalue weighted by molar-refractivity contribution is 5.81. The zero-order valence-corrected chi connectivity index (χ0v) is 17.0. The maximum absolute atomic E-state index is 13.4. The fraction of sp³-hybridized carbons (Fsp3) is 0.619. The topological polar surface area (TPSA) is 64.7 Å². The van der Waals surface area contributed by atoms with Crippen molar-refractivity contribution in [2.75, 3.05) is 33.2 Å². The number of urea groups is 1.